The first kappa shape index (κ1) is 17.2. The molecular weight excluding hydrogens is 345 g/mol. The van der Waals surface area contributed by atoms with E-state index in [0.29, 0.717) is 22.6 Å². The van der Waals surface area contributed by atoms with Gasteiger partial charge in [-0.25, -0.2) is 4.39 Å². The summed E-state index contributed by atoms with van der Waals surface area (Å²) >= 11 is 1.27. The molecule has 0 saturated heterocycles. The summed E-state index contributed by atoms with van der Waals surface area (Å²) in [4.78, 5) is 12.2. The number of thioether (sulfide) groups is 1. The molecule has 1 aromatic carbocycles. The quantitative estimate of drug-likeness (QED) is 0.703. The van der Waals surface area contributed by atoms with Crippen LogP contribution in [0.5, 0.6) is 0 Å². The average molecular weight is 361 g/mol. The Morgan fingerprint density at radius 1 is 1.32 bits per heavy atom. The van der Waals surface area contributed by atoms with Crippen LogP contribution in [0.3, 0.4) is 0 Å². The van der Waals surface area contributed by atoms with Gasteiger partial charge < -0.3 is 14.4 Å². The second-order valence-corrected chi connectivity index (χ2v) is 6.75. The van der Waals surface area contributed by atoms with Gasteiger partial charge in [0.05, 0.1) is 5.25 Å². The van der Waals surface area contributed by atoms with Gasteiger partial charge in [0.1, 0.15) is 11.6 Å². The second kappa shape index (κ2) is 7.06. The van der Waals surface area contributed by atoms with Gasteiger partial charge in [0, 0.05) is 18.7 Å². The summed E-state index contributed by atoms with van der Waals surface area (Å²) in [5.41, 5.74) is 0.749. The van der Waals surface area contributed by atoms with E-state index in [9.17, 15) is 9.18 Å². The number of carbonyl (C=O) groups is 1. The standard InChI is InChI=1S/C16H16FN5O2S/c1-9-8-13(21-24-9)18-15(23)10(2)25-16-20-19-14(22(16)3)11-4-6-12(17)7-5-11/h4-8,10H,1-3H3,(H,18,21,23)/t10-/m0/s1. The van der Waals surface area contributed by atoms with Crippen LogP contribution in [0.4, 0.5) is 10.2 Å². The number of nitrogens with zero attached hydrogens (tertiary/aromatic N) is 4. The Hall–Kier alpha value is -2.68. The first-order valence-electron chi connectivity index (χ1n) is 7.50. The molecule has 1 N–H and O–H groups in total. The Morgan fingerprint density at radius 3 is 2.68 bits per heavy atom. The highest BCUT2D eigenvalue weighted by Crippen LogP contribution is 2.26. The van der Waals surface area contributed by atoms with Gasteiger partial charge in [-0.05, 0) is 38.1 Å². The molecule has 3 rings (SSSR count). The molecule has 130 valence electrons. The number of benzene rings is 1. The third-order valence-electron chi connectivity index (χ3n) is 3.47. The van der Waals surface area contributed by atoms with Gasteiger partial charge in [-0.15, -0.1) is 10.2 Å². The summed E-state index contributed by atoms with van der Waals surface area (Å²) in [7, 11) is 1.80. The summed E-state index contributed by atoms with van der Waals surface area (Å²) in [5.74, 6) is 1.06. The largest absolute Gasteiger partial charge is 0.360 e. The molecule has 25 heavy (non-hydrogen) atoms. The minimum absolute atomic E-state index is 0.218. The van der Waals surface area contributed by atoms with Crippen LogP contribution < -0.4 is 5.32 Å². The Bertz CT molecular complexity index is 890. The Labute approximate surface area is 147 Å². The van der Waals surface area contributed by atoms with Crippen molar-refractivity contribution in [1.82, 2.24) is 19.9 Å². The lowest BCUT2D eigenvalue weighted by atomic mass is 10.2. The number of hydrogen-bond acceptors (Lipinski definition) is 6. The summed E-state index contributed by atoms with van der Waals surface area (Å²) in [6.45, 7) is 3.51. The van der Waals surface area contributed by atoms with Crippen LogP contribution in [0.2, 0.25) is 0 Å². The van der Waals surface area contributed by atoms with E-state index in [2.05, 4.69) is 20.7 Å². The van der Waals surface area contributed by atoms with E-state index in [1.54, 1.807) is 43.7 Å². The molecule has 2 heterocycles. The van der Waals surface area contributed by atoms with Crippen LogP contribution in [0, 0.1) is 12.7 Å². The molecule has 0 spiro atoms. The molecular formula is C16H16FN5O2S. The molecule has 9 heteroatoms. The zero-order valence-corrected chi connectivity index (χ0v) is 14.7. The van der Waals surface area contributed by atoms with E-state index in [4.69, 9.17) is 4.52 Å². The van der Waals surface area contributed by atoms with Crippen LogP contribution >= 0.6 is 11.8 Å². The molecule has 0 radical (unpaired) electrons. The Morgan fingerprint density at radius 2 is 2.04 bits per heavy atom. The number of halogens is 1. The highest BCUT2D eigenvalue weighted by molar-refractivity contribution is 8.00. The van der Waals surface area contributed by atoms with E-state index >= 15 is 0 Å². The third kappa shape index (κ3) is 3.87. The molecule has 7 nitrogen and oxygen atoms in total. The van der Waals surface area contributed by atoms with Crippen molar-refractivity contribution in [2.24, 2.45) is 7.05 Å². The number of amides is 1. The normalized spacial score (nSPS) is 12.2. The van der Waals surface area contributed by atoms with Crippen LogP contribution in [-0.2, 0) is 11.8 Å². The van der Waals surface area contributed by atoms with Crippen LogP contribution in [0.1, 0.15) is 12.7 Å². The smallest absolute Gasteiger partial charge is 0.238 e. The highest BCUT2D eigenvalue weighted by Gasteiger charge is 2.20. The lowest BCUT2D eigenvalue weighted by Crippen LogP contribution is -2.23. The maximum absolute atomic E-state index is 13.0. The van der Waals surface area contributed by atoms with Gasteiger partial charge in [-0.1, -0.05) is 16.9 Å². The van der Waals surface area contributed by atoms with Gasteiger partial charge >= 0.3 is 0 Å². The maximum atomic E-state index is 13.0. The van der Waals surface area contributed by atoms with E-state index in [1.807, 2.05) is 0 Å². The number of aryl methyl sites for hydroxylation is 1. The summed E-state index contributed by atoms with van der Waals surface area (Å²) < 4.78 is 19.7. The molecule has 0 fully saturated rings. The van der Waals surface area contributed by atoms with E-state index in [1.165, 1.54) is 23.9 Å². The molecule has 0 aliphatic heterocycles. The van der Waals surface area contributed by atoms with Crippen molar-refractivity contribution in [3.8, 4) is 11.4 Å². The monoisotopic (exact) mass is 361 g/mol. The molecule has 1 amide bonds. The fourth-order valence-electron chi connectivity index (χ4n) is 2.13. The van der Waals surface area contributed by atoms with Gasteiger partial charge in [0.15, 0.2) is 16.8 Å². The van der Waals surface area contributed by atoms with Gasteiger partial charge in [0.2, 0.25) is 5.91 Å². The highest BCUT2D eigenvalue weighted by atomic mass is 32.2. The Kier molecular flexibility index (Phi) is 4.84. The number of rotatable bonds is 5. The van der Waals surface area contributed by atoms with Crippen molar-refractivity contribution in [2.45, 2.75) is 24.3 Å². The summed E-state index contributed by atoms with van der Waals surface area (Å²) in [6.07, 6.45) is 0. The van der Waals surface area contributed by atoms with Crippen molar-refractivity contribution in [3.05, 3.63) is 41.9 Å². The predicted molar refractivity (Wildman–Crippen MR) is 91.6 cm³/mol. The minimum atomic E-state index is -0.416. The second-order valence-electron chi connectivity index (χ2n) is 5.44. The number of hydrogen-bond donors (Lipinski definition) is 1. The number of nitrogens with one attached hydrogen (secondary N) is 1. The maximum Gasteiger partial charge on any atom is 0.238 e. The molecule has 0 aliphatic carbocycles. The van der Waals surface area contributed by atoms with Crippen LogP contribution in [0.25, 0.3) is 11.4 Å². The zero-order valence-electron chi connectivity index (χ0n) is 13.9. The first-order chi connectivity index (χ1) is 11.9. The molecule has 0 unspecified atom stereocenters. The van der Waals surface area contributed by atoms with Crippen molar-refractivity contribution in [2.75, 3.05) is 5.32 Å². The molecule has 2 aromatic heterocycles. The van der Waals surface area contributed by atoms with Crippen molar-refractivity contribution >= 4 is 23.5 Å². The number of anilines is 1. The zero-order chi connectivity index (χ0) is 18.0. The topological polar surface area (TPSA) is 85.8 Å². The Balaban J connectivity index is 1.70. The molecule has 1 atom stereocenters. The fourth-order valence-corrected chi connectivity index (χ4v) is 2.95. The average Bonchev–Trinajstić information content (AvgIpc) is 3.15. The first-order valence-corrected chi connectivity index (χ1v) is 8.38. The lowest BCUT2D eigenvalue weighted by Gasteiger charge is -2.10. The van der Waals surface area contributed by atoms with E-state index in [0.717, 1.165) is 5.56 Å². The lowest BCUT2D eigenvalue weighted by molar-refractivity contribution is -0.115. The fraction of sp³-hybridized carbons (Fsp3) is 0.250. The summed E-state index contributed by atoms with van der Waals surface area (Å²) in [6, 6.07) is 7.65. The number of aromatic nitrogens is 4. The SMILES string of the molecule is Cc1cc(NC(=O)[C@H](C)Sc2nnc(-c3ccc(F)cc3)n2C)no1. The van der Waals surface area contributed by atoms with Crippen LogP contribution in [0.15, 0.2) is 40.0 Å². The molecule has 3 aromatic rings. The van der Waals surface area contributed by atoms with Crippen molar-refractivity contribution in [3.63, 3.8) is 0 Å². The van der Waals surface area contributed by atoms with Crippen molar-refractivity contribution in [1.29, 1.82) is 0 Å². The van der Waals surface area contributed by atoms with E-state index < -0.39 is 5.25 Å². The van der Waals surface area contributed by atoms with Gasteiger partial charge in [0.25, 0.3) is 0 Å². The third-order valence-corrected chi connectivity index (χ3v) is 4.60. The predicted octanol–water partition coefficient (Wildman–Crippen LogP) is 3.04. The summed E-state index contributed by atoms with van der Waals surface area (Å²) in [5, 5.41) is 14.8. The van der Waals surface area contributed by atoms with E-state index in [-0.39, 0.29) is 11.7 Å². The minimum Gasteiger partial charge on any atom is -0.360 e. The van der Waals surface area contributed by atoms with Crippen LogP contribution in [-0.4, -0.2) is 31.1 Å². The van der Waals surface area contributed by atoms with Gasteiger partial charge in [-0.2, -0.15) is 0 Å². The molecule has 0 saturated carbocycles. The van der Waals surface area contributed by atoms with Gasteiger partial charge in [-0.3, -0.25) is 4.79 Å². The number of carbonyl (C=O) groups excluding carboxylic acids is 1. The molecule has 0 bridgehead atoms. The molecule has 0 aliphatic rings. The van der Waals surface area contributed by atoms with Crippen molar-refractivity contribution < 1.29 is 13.7 Å².